The van der Waals surface area contributed by atoms with Crippen LogP contribution in [0.2, 0.25) is 0 Å². The molecule has 3 rings (SSSR count). The van der Waals surface area contributed by atoms with Crippen molar-refractivity contribution in [3.05, 3.63) is 53.6 Å². The Morgan fingerprint density at radius 2 is 2.15 bits per heavy atom. The summed E-state index contributed by atoms with van der Waals surface area (Å²) in [6, 6.07) is 7.50. The smallest absolute Gasteiger partial charge is 0.257 e. The van der Waals surface area contributed by atoms with Gasteiger partial charge in [0.1, 0.15) is 11.6 Å². The van der Waals surface area contributed by atoms with Crippen molar-refractivity contribution in [1.82, 2.24) is 15.2 Å². The van der Waals surface area contributed by atoms with Gasteiger partial charge in [0.05, 0.1) is 17.3 Å². The molecule has 1 amide bonds. The predicted molar refractivity (Wildman–Crippen MR) is 73.0 cm³/mol. The first-order valence-corrected chi connectivity index (χ1v) is 6.01. The van der Waals surface area contributed by atoms with Gasteiger partial charge in [0.2, 0.25) is 0 Å². The number of aromatic nitrogens is 3. The molecule has 0 fully saturated rings. The van der Waals surface area contributed by atoms with Gasteiger partial charge in [-0.3, -0.25) is 14.9 Å². The van der Waals surface area contributed by atoms with Gasteiger partial charge < -0.3 is 5.32 Å². The highest BCUT2D eigenvalue weighted by Crippen LogP contribution is 2.20. The molecule has 2 heterocycles. The highest BCUT2D eigenvalue weighted by molar-refractivity contribution is 6.12. The van der Waals surface area contributed by atoms with Gasteiger partial charge in [0.15, 0.2) is 0 Å². The highest BCUT2D eigenvalue weighted by Gasteiger charge is 2.13. The Bertz CT molecular complexity index is 778. The van der Waals surface area contributed by atoms with Crippen LogP contribution in [-0.4, -0.2) is 21.1 Å². The summed E-state index contributed by atoms with van der Waals surface area (Å²) < 4.78 is 13.3. The number of hydrogen-bond acceptors (Lipinski definition) is 3. The van der Waals surface area contributed by atoms with E-state index in [2.05, 4.69) is 20.5 Å². The number of nitrogens with zero attached hydrogens (tertiary/aromatic N) is 2. The van der Waals surface area contributed by atoms with E-state index in [1.165, 1.54) is 12.1 Å². The maximum Gasteiger partial charge on any atom is 0.257 e. The van der Waals surface area contributed by atoms with Crippen molar-refractivity contribution in [3.8, 4) is 0 Å². The molecule has 0 unspecified atom stereocenters. The van der Waals surface area contributed by atoms with Crippen LogP contribution in [0, 0.1) is 12.7 Å². The van der Waals surface area contributed by atoms with Crippen molar-refractivity contribution in [1.29, 1.82) is 0 Å². The van der Waals surface area contributed by atoms with Gasteiger partial charge in [-0.2, -0.15) is 5.10 Å². The second kappa shape index (κ2) is 4.73. The highest BCUT2D eigenvalue weighted by atomic mass is 19.1. The van der Waals surface area contributed by atoms with Gasteiger partial charge in [-0.1, -0.05) is 0 Å². The minimum atomic E-state index is -0.379. The van der Waals surface area contributed by atoms with Gasteiger partial charge in [0.25, 0.3) is 5.91 Å². The number of hydrogen-bond donors (Lipinski definition) is 2. The number of aromatic amines is 1. The zero-order valence-corrected chi connectivity index (χ0v) is 10.6. The van der Waals surface area contributed by atoms with E-state index in [1.807, 2.05) is 0 Å². The van der Waals surface area contributed by atoms with Gasteiger partial charge in [0, 0.05) is 23.2 Å². The van der Waals surface area contributed by atoms with E-state index in [9.17, 15) is 9.18 Å². The molecule has 0 atom stereocenters. The Hall–Kier alpha value is -2.76. The fourth-order valence-corrected chi connectivity index (χ4v) is 2.04. The third-order valence-electron chi connectivity index (χ3n) is 2.89. The Kier molecular flexibility index (Phi) is 2.90. The van der Waals surface area contributed by atoms with Crippen molar-refractivity contribution >= 4 is 22.6 Å². The number of fused-ring (bicyclic) bond motifs is 1. The summed E-state index contributed by atoms with van der Waals surface area (Å²) in [5.74, 6) is -0.174. The number of aryl methyl sites for hydroxylation is 1. The minimum Gasteiger partial charge on any atom is -0.307 e. The SMILES string of the molecule is Cc1cc(C(=O)Nc2ccn[nH]2)c2ccc(F)cc2n1. The lowest BCUT2D eigenvalue weighted by Crippen LogP contribution is -2.13. The number of carbonyl (C=O) groups excluding carboxylic acids is 1. The molecule has 5 nitrogen and oxygen atoms in total. The molecule has 0 spiro atoms. The first kappa shape index (κ1) is 12.3. The van der Waals surface area contributed by atoms with E-state index in [0.717, 1.165) is 0 Å². The molecule has 2 N–H and O–H groups in total. The van der Waals surface area contributed by atoms with Crippen LogP contribution in [0.3, 0.4) is 0 Å². The molecule has 20 heavy (non-hydrogen) atoms. The predicted octanol–water partition coefficient (Wildman–Crippen LogP) is 2.66. The quantitative estimate of drug-likeness (QED) is 0.752. The normalized spacial score (nSPS) is 10.7. The number of amides is 1. The Morgan fingerprint density at radius 1 is 1.30 bits per heavy atom. The lowest BCUT2D eigenvalue weighted by Gasteiger charge is -2.08. The van der Waals surface area contributed by atoms with Crippen LogP contribution in [0.1, 0.15) is 16.1 Å². The molecule has 0 aliphatic heterocycles. The summed E-state index contributed by atoms with van der Waals surface area (Å²) >= 11 is 0. The number of nitrogens with one attached hydrogen (secondary N) is 2. The van der Waals surface area contributed by atoms with Crippen molar-refractivity contribution < 1.29 is 9.18 Å². The van der Waals surface area contributed by atoms with E-state index < -0.39 is 0 Å². The minimum absolute atomic E-state index is 0.295. The lowest BCUT2D eigenvalue weighted by atomic mass is 10.1. The Labute approximate surface area is 113 Å². The Morgan fingerprint density at radius 3 is 2.90 bits per heavy atom. The first-order valence-electron chi connectivity index (χ1n) is 6.01. The summed E-state index contributed by atoms with van der Waals surface area (Å²) in [4.78, 5) is 16.5. The zero-order chi connectivity index (χ0) is 14.1. The third kappa shape index (κ3) is 2.23. The second-order valence-corrected chi connectivity index (χ2v) is 4.40. The van der Waals surface area contributed by atoms with Crippen molar-refractivity contribution in [2.45, 2.75) is 6.92 Å². The van der Waals surface area contributed by atoms with Gasteiger partial charge in [-0.05, 0) is 25.1 Å². The van der Waals surface area contributed by atoms with Gasteiger partial charge >= 0.3 is 0 Å². The number of carbonyl (C=O) groups is 1. The molecular weight excluding hydrogens is 259 g/mol. The third-order valence-corrected chi connectivity index (χ3v) is 2.89. The number of pyridine rings is 1. The van der Waals surface area contributed by atoms with Crippen molar-refractivity contribution in [2.75, 3.05) is 5.32 Å². The molecule has 1 aromatic carbocycles. The van der Waals surface area contributed by atoms with E-state index in [1.54, 1.807) is 31.3 Å². The summed E-state index contributed by atoms with van der Waals surface area (Å²) in [5, 5.41) is 9.71. The fourth-order valence-electron chi connectivity index (χ4n) is 2.04. The lowest BCUT2D eigenvalue weighted by molar-refractivity contribution is 0.102. The molecule has 6 heteroatoms. The zero-order valence-electron chi connectivity index (χ0n) is 10.6. The topological polar surface area (TPSA) is 70.7 Å². The summed E-state index contributed by atoms with van der Waals surface area (Å²) in [7, 11) is 0. The van der Waals surface area contributed by atoms with Crippen LogP contribution in [0.15, 0.2) is 36.5 Å². The molecule has 0 saturated heterocycles. The summed E-state index contributed by atoms with van der Waals surface area (Å²) in [6.07, 6.45) is 1.54. The van der Waals surface area contributed by atoms with E-state index in [4.69, 9.17) is 0 Å². The molecule has 2 aromatic heterocycles. The van der Waals surface area contributed by atoms with Crippen LogP contribution >= 0.6 is 0 Å². The van der Waals surface area contributed by atoms with Crippen LogP contribution in [0.25, 0.3) is 10.9 Å². The average molecular weight is 270 g/mol. The van der Waals surface area contributed by atoms with Gasteiger partial charge in [-0.25, -0.2) is 4.39 Å². The molecule has 100 valence electrons. The first-order chi connectivity index (χ1) is 9.63. The maximum atomic E-state index is 13.3. The number of benzene rings is 1. The molecule has 0 aliphatic carbocycles. The standard InChI is InChI=1S/C14H11FN4O/c1-8-6-11(14(20)18-13-4-5-16-19-13)10-3-2-9(15)7-12(10)17-8/h2-7H,1H3,(H2,16,18,19,20). The number of H-pyrrole nitrogens is 1. The summed E-state index contributed by atoms with van der Waals surface area (Å²) in [6.45, 7) is 1.76. The second-order valence-electron chi connectivity index (χ2n) is 4.40. The van der Waals surface area contributed by atoms with E-state index >= 15 is 0 Å². The fraction of sp³-hybridized carbons (Fsp3) is 0.0714. The molecular formula is C14H11FN4O. The number of anilines is 1. The number of rotatable bonds is 2. The maximum absolute atomic E-state index is 13.3. The average Bonchev–Trinajstić information content (AvgIpc) is 2.90. The molecule has 3 aromatic rings. The number of halogens is 1. The van der Waals surface area contributed by atoms with Crippen LogP contribution in [0.5, 0.6) is 0 Å². The summed E-state index contributed by atoms with van der Waals surface area (Å²) in [5.41, 5.74) is 1.56. The van der Waals surface area contributed by atoms with Crippen LogP contribution in [0.4, 0.5) is 10.2 Å². The van der Waals surface area contributed by atoms with Crippen molar-refractivity contribution in [2.24, 2.45) is 0 Å². The Balaban J connectivity index is 2.08. The van der Waals surface area contributed by atoms with Gasteiger partial charge in [-0.15, -0.1) is 0 Å². The van der Waals surface area contributed by atoms with Crippen LogP contribution < -0.4 is 5.32 Å². The largest absolute Gasteiger partial charge is 0.307 e. The van der Waals surface area contributed by atoms with E-state index in [0.29, 0.717) is 28.0 Å². The van der Waals surface area contributed by atoms with E-state index in [-0.39, 0.29) is 11.7 Å². The molecule has 0 radical (unpaired) electrons. The van der Waals surface area contributed by atoms with Crippen molar-refractivity contribution in [3.63, 3.8) is 0 Å². The molecule has 0 aliphatic rings. The molecule has 0 bridgehead atoms. The molecule has 0 saturated carbocycles. The monoisotopic (exact) mass is 270 g/mol. The van der Waals surface area contributed by atoms with Crippen LogP contribution in [-0.2, 0) is 0 Å².